The van der Waals surface area contributed by atoms with Crippen LogP contribution in [0.2, 0.25) is 0 Å². The molecule has 5 nitrogen and oxygen atoms in total. The number of hydrogen-bond donors (Lipinski definition) is 1. The molecule has 0 saturated carbocycles. The Hall–Kier alpha value is -2.56. The molecule has 2 heterocycles. The topological polar surface area (TPSA) is 63.6 Å². The SMILES string of the molecule is CCOC(=O)c1cc2c3ccccc3c(=O)[nH]n2c1C. The molecule has 0 bridgehead atoms. The number of esters is 1. The van der Waals surface area contributed by atoms with E-state index < -0.39 is 0 Å². The molecule has 2 aromatic heterocycles. The lowest BCUT2D eigenvalue weighted by molar-refractivity contribution is 0.0525. The number of aryl methyl sites for hydroxylation is 1. The van der Waals surface area contributed by atoms with E-state index in [4.69, 9.17) is 4.74 Å². The highest BCUT2D eigenvalue weighted by Crippen LogP contribution is 2.22. The number of ether oxygens (including phenoxy) is 1. The van der Waals surface area contributed by atoms with Gasteiger partial charge in [-0.3, -0.25) is 14.4 Å². The van der Waals surface area contributed by atoms with Crippen LogP contribution in [0.4, 0.5) is 0 Å². The maximum atomic E-state index is 12.1. The van der Waals surface area contributed by atoms with Crippen molar-refractivity contribution >= 4 is 22.3 Å². The summed E-state index contributed by atoms with van der Waals surface area (Å²) in [5, 5.41) is 4.19. The maximum absolute atomic E-state index is 12.1. The summed E-state index contributed by atoms with van der Waals surface area (Å²) in [4.78, 5) is 24.0. The smallest absolute Gasteiger partial charge is 0.340 e. The predicted octanol–water partition coefficient (Wildman–Crippen LogP) is 2.27. The summed E-state index contributed by atoms with van der Waals surface area (Å²) < 4.78 is 6.67. The van der Waals surface area contributed by atoms with Gasteiger partial charge in [0.2, 0.25) is 0 Å². The molecule has 3 rings (SSSR count). The Bertz CT molecular complexity index is 874. The van der Waals surface area contributed by atoms with Crippen LogP contribution in [-0.2, 0) is 4.74 Å². The lowest BCUT2D eigenvalue weighted by Crippen LogP contribution is -2.13. The fraction of sp³-hybridized carbons (Fsp3) is 0.200. The zero-order valence-corrected chi connectivity index (χ0v) is 11.3. The summed E-state index contributed by atoms with van der Waals surface area (Å²) in [5.41, 5.74) is 1.75. The first-order valence-corrected chi connectivity index (χ1v) is 6.43. The van der Waals surface area contributed by atoms with E-state index in [2.05, 4.69) is 5.10 Å². The van der Waals surface area contributed by atoms with Crippen LogP contribution in [0.1, 0.15) is 23.0 Å². The largest absolute Gasteiger partial charge is 0.462 e. The van der Waals surface area contributed by atoms with E-state index in [-0.39, 0.29) is 11.5 Å². The van der Waals surface area contributed by atoms with Crippen molar-refractivity contribution in [2.24, 2.45) is 0 Å². The second-order valence-corrected chi connectivity index (χ2v) is 4.57. The van der Waals surface area contributed by atoms with Crippen LogP contribution in [0.3, 0.4) is 0 Å². The van der Waals surface area contributed by atoms with Crippen LogP contribution in [0.25, 0.3) is 16.3 Å². The maximum Gasteiger partial charge on any atom is 0.340 e. The van der Waals surface area contributed by atoms with E-state index in [1.54, 1.807) is 30.5 Å². The highest BCUT2D eigenvalue weighted by molar-refractivity contribution is 6.00. The highest BCUT2D eigenvalue weighted by Gasteiger charge is 2.17. The molecule has 5 heteroatoms. The third-order valence-corrected chi connectivity index (χ3v) is 3.40. The van der Waals surface area contributed by atoms with Crippen molar-refractivity contribution in [3.05, 3.63) is 51.9 Å². The van der Waals surface area contributed by atoms with Gasteiger partial charge in [0.05, 0.1) is 28.8 Å². The fourth-order valence-electron chi connectivity index (χ4n) is 2.43. The summed E-state index contributed by atoms with van der Waals surface area (Å²) in [5.74, 6) is -0.376. The van der Waals surface area contributed by atoms with Crippen molar-refractivity contribution in [3.63, 3.8) is 0 Å². The van der Waals surface area contributed by atoms with Crippen LogP contribution < -0.4 is 5.56 Å². The summed E-state index contributed by atoms with van der Waals surface area (Å²) in [7, 11) is 0. The van der Waals surface area contributed by atoms with Crippen LogP contribution in [0.15, 0.2) is 35.1 Å². The van der Waals surface area contributed by atoms with Gasteiger partial charge < -0.3 is 4.74 Å². The number of rotatable bonds is 2. The second-order valence-electron chi connectivity index (χ2n) is 4.57. The van der Waals surface area contributed by atoms with Crippen LogP contribution in [0.5, 0.6) is 0 Å². The Morgan fingerprint density at radius 2 is 2.00 bits per heavy atom. The van der Waals surface area contributed by atoms with Crippen LogP contribution >= 0.6 is 0 Å². The molecule has 0 aliphatic heterocycles. The summed E-state index contributed by atoms with van der Waals surface area (Å²) in [6.07, 6.45) is 0. The zero-order chi connectivity index (χ0) is 14.3. The van der Waals surface area contributed by atoms with Crippen molar-refractivity contribution in [1.29, 1.82) is 0 Å². The third kappa shape index (κ3) is 1.71. The van der Waals surface area contributed by atoms with Gasteiger partial charge in [0.25, 0.3) is 5.56 Å². The average molecular weight is 270 g/mol. The first-order valence-electron chi connectivity index (χ1n) is 6.43. The van der Waals surface area contributed by atoms with Gasteiger partial charge in [0.15, 0.2) is 0 Å². The molecule has 0 saturated heterocycles. The van der Waals surface area contributed by atoms with Crippen LogP contribution in [-0.4, -0.2) is 22.2 Å². The molecule has 1 aromatic carbocycles. The van der Waals surface area contributed by atoms with Crippen molar-refractivity contribution in [2.75, 3.05) is 6.61 Å². The molecule has 0 atom stereocenters. The molecule has 1 N–H and O–H groups in total. The Morgan fingerprint density at radius 3 is 2.70 bits per heavy atom. The highest BCUT2D eigenvalue weighted by atomic mass is 16.5. The van der Waals surface area contributed by atoms with E-state index in [1.807, 2.05) is 18.2 Å². The predicted molar refractivity (Wildman–Crippen MR) is 76.2 cm³/mol. The van der Waals surface area contributed by atoms with E-state index in [0.717, 1.165) is 10.9 Å². The third-order valence-electron chi connectivity index (χ3n) is 3.40. The number of H-pyrrole nitrogens is 1. The molecule has 102 valence electrons. The van der Waals surface area contributed by atoms with E-state index in [1.165, 1.54) is 0 Å². The number of aromatic nitrogens is 2. The Balaban J connectivity index is 2.39. The van der Waals surface area contributed by atoms with Crippen LogP contribution in [0, 0.1) is 6.92 Å². The number of nitrogens with zero attached hydrogens (tertiary/aromatic N) is 1. The average Bonchev–Trinajstić information content (AvgIpc) is 2.77. The van der Waals surface area contributed by atoms with Gasteiger partial charge >= 0.3 is 5.97 Å². The number of aromatic amines is 1. The van der Waals surface area contributed by atoms with Gasteiger partial charge in [-0.15, -0.1) is 0 Å². The monoisotopic (exact) mass is 270 g/mol. The number of carbonyl (C=O) groups is 1. The molecule has 0 aliphatic rings. The Labute approximate surface area is 114 Å². The lowest BCUT2D eigenvalue weighted by Gasteiger charge is -2.03. The number of nitrogens with one attached hydrogen (secondary N) is 1. The number of carbonyl (C=O) groups excluding carboxylic acids is 1. The quantitative estimate of drug-likeness (QED) is 0.726. The molecule has 0 unspecified atom stereocenters. The molecule has 0 amide bonds. The van der Waals surface area contributed by atoms with Gasteiger partial charge in [-0.05, 0) is 26.0 Å². The molecular formula is C15H14N2O3. The number of benzene rings is 1. The minimum atomic E-state index is -0.376. The molecule has 0 fully saturated rings. The molecule has 0 aliphatic carbocycles. The van der Waals surface area contributed by atoms with Gasteiger partial charge in [0, 0.05) is 5.39 Å². The van der Waals surface area contributed by atoms with Gasteiger partial charge in [-0.1, -0.05) is 18.2 Å². The number of fused-ring (bicyclic) bond motifs is 3. The summed E-state index contributed by atoms with van der Waals surface area (Å²) in [6, 6.07) is 9.07. The lowest BCUT2D eigenvalue weighted by atomic mass is 10.1. The second kappa shape index (κ2) is 4.52. The van der Waals surface area contributed by atoms with E-state index in [9.17, 15) is 9.59 Å². The number of hydrogen-bond acceptors (Lipinski definition) is 3. The first kappa shape index (κ1) is 12.5. The van der Waals surface area contributed by atoms with Gasteiger partial charge in [-0.25, -0.2) is 4.79 Å². The van der Waals surface area contributed by atoms with Crippen molar-refractivity contribution in [3.8, 4) is 0 Å². The Kier molecular flexibility index (Phi) is 2.82. The molecule has 3 aromatic rings. The first-order chi connectivity index (χ1) is 9.63. The van der Waals surface area contributed by atoms with Crippen molar-refractivity contribution in [1.82, 2.24) is 9.61 Å². The molecule has 20 heavy (non-hydrogen) atoms. The van der Waals surface area contributed by atoms with Crippen molar-refractivity contribution in [2.45, 2.75) is 13.8 Å². The minimum Gasteiger partial charge on any atom is -0.462 e. The molecule has 0 spiro atoms. The molecular weight excluding hydrogens is 256 g/mol. The summed E-state index contributed by atoms with van der Waals surface area (Å²) >= 11 is 0. The van der Waals surface area contributed by atoms with E-state index in [0.29, 0.717) is 23.3 Å². The normalized spacial score (nSPS) is 11.1. The summed E-state index contributed by atoms with van der Waals surface area (Å²) in [6.45, 7) is 3.87. The van der Waals surface area contributed by atoms with E-state index >= 15 is 0 Å². The fourth-order valence-corrected chi connectivity index (χ4v) is 2.43. The molecule has 0 radical (unpaired) electrons. The Morgan fingerprint density at radius 1 is 1.30 bits per heavy atom. The van der Waals surface area contributed by atoms with Gasteiger partial charge in [0.1, 0.15) is 0 Å². The van der Waals surface area contributed by atoms with Crippen molar-refractivity contribution < 1.29 is 9.53 Å². The van der Waals surface area contributed by atoms with Gasteiger partial charge in [-0.2, -0.15) is 0 Å². The zero-order valence-electron chi connectivity index (χ0n) is 11.3. The standard InChI is InChI=1S/C15H14N2O3/c1-3-20-15(19)12-8-13-10-6-4-5-7-11(10)14(18)16-17(13)9(12)2/h4-8H,3H2,1-2H3,(H,16,18). The minimum absolute atomic E-state index is 0.179.